The van der Waals surface area contributed by atoms with E-state index in [4.69, 9.17) is 10.5 Å². The van der Waals surface area contributed by atoms with Gasteiger partial charge in [-0.1, -0.05) is 6.92 Å². The molecule has 94 valence electrons. The number of nitrogens with two attached hydrogens (primary N) is 1. The maximum absolute atomic E-state index is 11.4. The second-order valence-corrected chi connectivity index (χ2v) is 4.94. The molecule has 1 aliphatic carbocycles. The molecule has 1 fully saturated rings. The predicted octanol–water partition coefficient (Wildman–Crippen LogP) is 1.05. The largest absolute Gasteiger partial charge is 0.361 e. The van der Waals surface area contributed by atoms with Gasteiger partial charge in [-0.25, -0.2) is 0 Å². The molecule has 0 bridgehead atoms. The first-order valence-electron chi connectivity index (χ1n) is 6.12. The SMILES string of the molecule is CNC(=O)C(C)OC1(CN)CCC(C)CC1. The summed E-state index contributed by atoms with van der Waals surface area (Å²) in [7, 11) is 1.63. The molecule has 1 rings (SSSR count). The van der Waals surface area contributed by atoms with Crippen molar-refractivity contribution in [1.29, 1.82) is 0 Å². The second-order valence-electron chi connectivity index (χ2n) is 4.94. The number of hydrogen-bond donors (Lipinski definition) is 2. The Morgan fingerprint density at radius 2 is 2.12 bits per heavy atom. The standard InChI is InChI=1S/C12H24N2O2/c1-9-4-6-12(8-13,7-5-9)16-10(2)11(15)14-3/h9-10H,4-8,13H2,1-3H3,(H,14,15). The molecule has 0 aliphatic heterocycles. The number of hydrogen-bond acceptors (Lipinski definition) is 3. The highest BCUT2D eigenvalue weighted by molar-refractivity contribution is 5.80. The molecule has 4 heteroatoms. The van der Waals surface area contributed by atoms with Gasteiger partial charge in [-0.05, 0) is 38.5 Å². The number of ether oxygens (including phenoxy) is 1. The Hall–Kier alpha value is -0.610. The summed E-state index contributed by atoms with van der Waals surface area (Å²) in [6.07, 6.45) is 3.79. The minimum atomic E-state index is -0.415. The number of nitrogens with one attached hydrogen (secondary N) is 1. The average Bonchev–Trinajstić information content (AvgIpc) is 2.31. The van der Waals surface area contributed by atoms with Gasteiger partial charge in [-0.2, -0.15) is 0 Å². The number of rotatable bonds is 4. The van der Waals surface area contributed by atoms with Crippen LogP contribution in [0.15, 0.2) is 0 Å². The van der Waals surface area contributed by atoms with Crippen molar-refractivity contribution in [3.05, 3.63) is 0 Å². The van der Waals surface area contributed by atoms with Crippen LogP contribution in [0, 0.1) is 5.92 Å². The summed E-state index contributed by atoms with van der Waals surface area (Å²) in [6, 6.07) is 0. The maximum Gasteiger partial charge on any atom is 0.248 e. The zero-order valence-electron chi connectivity index (χ0n) is 10.6. The molecule has 0 aromatic rings. The molecule has 1 saturated carbocycles. The lowest BCUT2D eigenvalue weighted by Crippen LogP contribution is -2.48. The molecule has 0 heterocycles. The van der Waals surface area contributed by atoms with E-state index < -0.39 is 6.10 Å². The van der Waals surface area contributed by atoms with E-state index in [2.05, 4.69) is 12.2 Å². The normalized spacial score (nSPS) is 32.1. The summed E-state index contributed by atoms with van der Waals surface area (Å²) < 4.78 is 5.89. The highest BCUT2D eigenvalue weighted by Crippen LogP contribution is 2.34. The number of likely N-dealkylation sites (N-methyl/N-ethyl adjacent to an activating group) is 1. The van der Waals surface area contributed by atoms with Gasteiger partial charge >= 0.3 is 0 Å². The maximum atomic E-state index is 11.4. The third-order valence-electron chi connectivity index (χ3n) is 3.60. The molecule has 4 nitrogen and oxygen atoms in total. The third-order valence-corrected chi connectivity index (χ3v) is 3.60. The van der Waals surface area contributed by atoms with Gasteiger partial charge in [0.15, 0.2) is 0 Å². The smallest absolute Gasteiger partial charge is 0.248 e. The van der Waals surface area contributed by atoms with Crippen molar-refractivity contribution in [3.63, 3.8) is 0 Å². The van der Waals surface area contributed by atoms with Crippen LogP contribution in [0.1, 0.15) is 39.5 Å². The molecule has 0 saturated heterocycles. The van der Waals surface area contributed by atoms with Crippen molar-refractivity contribution in [1.82, 2.24) is 5.32 Å². The lowest BCUT2D eigenvalue weighted by Gasteiger charge is -2.40. The van der Waals surface area contributed by atoms with Crippen LogP contribution in [0.4, 0.5) is 0 Å². The minimum Gasteiger partial charge on any atom is -0.361 e. The van der Waals surface area contributed by atoms with Gasteiger partial charge in [0.1, 0.15) is 6.10 Å². The summed E-state index contributed by atoms with van der Waals surface area (Å²) in [5.74, 6) is 0.671. The summed E-state index contributed by atoms with van der Waals surface area (Å²) in [5.41, 5.74) is 5.54. The Bertz CT molecular complexity index is 235. The molecule has 3 N–H and O–H groups in total. The Kier molecular flexibility index (Phi) is 4.74. The van der Waals surface area contributed by atoms with E-state index in [1.807, 2.05) is 0 Å². The van der Waals surface area contributed by atoms with Gasteiger partial charge < -0.3 is 15.8 Å². The van der Waals surface area contributed by atoms with Crippen LogP contribution in [0.2, 0.25) is 0 Å². The molecule has 1 atom stereocenters. The molecular formula is C12H24N2O2. The summed E-state index contributed by atoms with van der Waals surface area (Å²) in [4.78, 5) is 11.4. The molecule has 0 radical (unpaired) electrons. The third kappa shape index (κ3) is 3.19. The van der Waals surface area contributed by atoms with E-state index in [0.717, 1.165) is 31.6 Å². The molecule has 1 amide bonds. The van der Waals surface area contributed by atoms with Crippen LogP contribution in [-0.2, 0) is 9.53 Å². The molecule has 1 unspecified atom stereocenters. The topological polar surface area (TPSA) is 64.3 Å². The Morgan fingerprint density at radius 1 is 1.56 bits per heavy atom. The summed E-state index contributed by atoms with van der Waals surface area (Å²) in [6.45, 7) is 4.54. The van der Waals surface area contributed by atoms with Crippen molar-refractivity contribution in [2.24, 2.45) is 11.7 Å². The van der Waals surface area contributed by atoms with Gasteiger partial charge in [0, 0.05) is 13.6 Å². The Balaban J connectivity index is 2.57. The van der Waals surface area contributed by atoms with Gasteiger partial charge in [-0.3, -0.25) is 4.79 Å². The van der Waals surface area contributed by atoms with Crippen molar-refractivity contribution >= 4 is 5.91 Å². The first kappa shape index (κ1) is 13.5. The van der Waals surface area contributed by atoms with E-state index in [-0.39, 0.29) is 11.5 Å². The van der Waals surface area contributed by atoms with Crippen LogP contribution >= 0.6 is 0 Å². The molecule has 1 aliphatic rings. The average molecular weight is 228 g/mol. The quantitative estimate of drug-likeness (QED) is 0.756. The van der Waals surface area contributed by atoms with Crippen molar-refractivity contribution in [2.75, 3.05) is 13.6 Å². The van der Waals surface area contributed by atoms with Gasteiger partial charge in [0.2, 0.25) is 5.91 Å². The summed E-state index contributed by atoms with van der Waals surface area (Å²) >= 11 is 0. The Morgan fingerprint density at radius 3 is 2.56 bits per heavy atom. The van der Waals surface area contributed by atoms with Crippen molar-refractivity contribution in [3.8, 4) is 0 Å². The van der Waals surface area contributed by atoms with Crippen LogP contribution in [0.5, 0.6) is 0 Å². The van der Waals surface area contributed by atoms with Crippen LogP contribution in [0.3, 0.4) is 0 Å². The lowest BCUT2D eigenvalue weighted by atomic mass is 9.79. The molecule has 0 spiro atoms. The fraction of sp³-hybridized carbons (Fsp3) is 0.917. The number of carbonyl (C=O) groups is 1. The zero-order chi connectivity index (χ0) is 12.2. The molecule has 16 heavy (non-hydrogen) atoms. The lowest BCUT2D eigenvalue weighted by molar-refractivity contribution is -0.149. The number of amides is 1. The molecule has 0 aromatic carbocycles. The monoisotopic (exact) mass is 228 g/mol. The number of carbonyl (C=O) groups excluding carboxylic acids is 1. The van der Waals surface area contributed by atoms with E-state index in [1.54, 1.807) is 14.0 Å². The predicted molar refractivity (Wildman–Crippen MR) is 64.0 cm³/mol. The molecule has 0 aromatic heterocycles. The van der Waals surface area contributed by atoms with E-state index in [1.165, 1.54) is 0 Å². The van der Waals surface area contributed by atoms with Gasteiger partial charge in [-0.15, -0.1) is 0 Å². The van der Waals surface area contributed by atoms with Crippen molar-refractivity contribution in [2.45, 2.75) is 51.2 Å². The molecular weight excluding hydrogens is 204 g/mol. The highest BCUT2D eigenvalue weighted by Gasteiger charge is 2.36. The van der Waals surface area contributed by atoms with Gasteiger partial charge in [0.25, 0.3) is 0 Å². The van der Waals surface area contributed by atoms with E-state index in [0.29, 0.717) is 6.54 Å². The fourth-order valence-corrected chi connectivity index (χ4v) is 2.29. The van der Waals surface area contributed by atoms with Gasteiger partial charge in [0.05, 0.1) is 5.60 Å². The van der Waals surface area contributed by atoms with Crippen molar-refractivity contribution < 1.29 is 9.53 Å². The Labute approximate surface area is 97.9 Å². The highest BCUT2D eigenvalue weighted by atomic mass is 16.5. The van der Waals surface area contributed by atoms with Crippen LogP contribution in [0.25, 0.3) is 0 Å². The first-order chi connectivity index (χ1) is 7.53. The van der Waals surface area contributed by atoms with Crippen LogP contribution in [-0.4, -0.2) is 31.2 Å². The fourth-order valence-electron chi connectivity index (χ4n) is 2.29. The van der Waals surface area contributed by atoms with E-state index >= 15 is 0 Å². The summed E-state index contributed by atoms with van der Waals surface area (Å²) in [5, 5.41) is 2.60. The zero-order valence-corrected chi connectivity index (χ0v) is 10.6. The first-order valence-corrected chi connectivity index (χ1v) is 6.12. The van der Waals surface area contributed by atoms with E-state index in [9.17, 15) is 4.79 Å². The van der Waals surface area contributed by atoms with Crippen LogP contribution < -0.4 is 11.1 Å². The minimum absolute atomic E-state index is 0.0774. The second kappa shape index (κ2) is 5.64.